The maximum atomic E-state index is 11.2. The first-order valence-electron chi connectivity index (χ1n) is 8.06. The molecule has 2 heterocycles. The number of hydrogen-bond donors (Lipinski definition) is 1. The molecule has 0 aromatic heterocycles. The molecule has 1 saturated heterocycles. The molecule has 0 spiro atoms. The third kappa shape index (κ3) is 3.71. The maximum absolute atomic E-state index is 11.2. The van der Waals surface area contributed by atoms with Crippen LogP contribution in [0.1, 0.15) is 31.2 Å². The lowest BCUT2D eigenvalue weighted by atomic mass is 9.98. The molecule has 1 unspecified atom stereocenters. The molecule has 2 aliphatic heterocycles. The number of carbonyl (C=O) groups is 1. The van der Waals surface area contributed by atoms with Gasteiger partial charge in [-0.25, -0.2) is 0 Å². The molecule has 0 amide bonds. The number of rotatable bonds is 3. The molecule has 1 aromatic carbocycles. The van der Waals surface area contributed by atoms with Crippen LogP contribution in [0.25, 0.3) is 0 Å². The van der Waals surface area contributed by atoms with Gasteiger partial charge in [-0.3, -0.25) is 9.69 Å². The van der Waals surface area contributed by atoms with Gasteiger partial charge in [-0.05, 0) is 49.9 Å². The zero-order valence-electron chi connectivity index (χ0n) is 12.8. The highest BCUT2D eigenvalue weighted by molar-refractivity contribution is 5.70. The number of fused-ring (bicyclic) bond motifs is 1. The summed E-state index contributed by atoms with van der Waals surface area (Å²) in [5.41, 5.74) is 1.15. The Labute approximate surface area is 130 Å². The molecule has 5 heteroatoms. The maximum Gasteiger partial charge on any atom is 0.307 e. The zero-order valence-corrected chi connectivity index (χ0v) is 12.8. The molecule has 3 rings (SSSR count). The van der Waals surface area contributed by atoms with Crippen molar-refractivity contribution in [3.63, 3.8) is 0 Å². The van der Waals surface area contributed by atoms with E-state index in [1.165, 1.54) is 0 Å². The topological polar surface area (TPSA) is 59.0 Å². The van der Waals surface area contributed by atoms with Gasteiger partial charge in [-0.1, -0.05) is 6.07 Å². The molecule has 5 nitrogen and oxygen atoms in total. The van der Waals surface area contributed by atoms with Crippen molar-refractivity contribution in [1.82, 2.24) is 4.90 Å². The summed E-state index contributed by atoms with van der Waals surface area (Å²) in [5, 5.41) is 9.17. The molecule has 1 N–H and O–H groups in total. The normalized spacial score (nSPS) is 22.6. The largest absolute Gasteiger partial charge is 0.490 e. The molecule has 0 bridgehead atoms. The molecule has 1 fully saturated rings. The Morgan fingerprint density at radius 2 is 1.95 bits per heavy atom. The third-order valence-corrected chi connectivity index (χ3v) is 4.32. The van der Waals surface area contributed by atoms with Crippen molar-refractivity contribution in [2.24, 2.45) is 5.92 Å². The van der Waals surface area contributed by atoms with E-state index in [4.69, 9.17) is 9.47 Å². The highest BCUT2D eigenvalue weighted by Crippen LogP contribution is 2.31. The van der Waals surface area contributed by atoms with Crippen molar-refractivity contribution in [2.45, 2.75) is 32.2 Å². The molecule has 0 saturated carbocycles. The fourth-order valence-electron chi connectivity index (χ4n) is 3.11. The quantitative estimate of drug-likeness (QED) is 0.930. The van der Waals surface area contributed by atoms with E-state index in [1.54, 1.807) is 0 Å². The van der Waals surface area contributed by atoms with Gasteiger partial charge in [0, 0.05) is 13.1 Å². The van der Waals surface area contributed by atoms with E-state index in [1.807, 2.05) is 18.2 Å². The molecule has 1 atom stereocenters. The standard InChI is InChI=1S/C17H23NO4/c19-17(20)14-4-3-7-18(12-14)11-13-5-6-15-16(10-13)22-9-2-1-8-21-15/h5-6,10,14H,1-4,7-9,11-12H2,(H,19,20). The van der Waals surface area contributed by atoms with Crippen molar-refractivity contribution in [3.8, 4) is 11.5 Å². The number of nitrogens with zero attached hydrogens (tertiary/aromatic N) is 1. The van der Waals surface area contributed by atoms with Crippen LogP contribution in [0.5, 0.6) is 11.5 Å². The summed E-state index contributed by atoms with van der Waals surface area (Å²) in [5.74, 6) is 0.701. The van der Waals surface area contributed by atoms with Gasteiger partial charge in [0.1, 0.15) is 0 Å². The Balaban J connectivity index is 1.67. The van der Waals surface area contributed by atoms with E-state index in [2.05, 4.69) is 4.90 Å². The molecule has 120 valence electrons. The van der Waals surface area contributed by atoms with Crippen LogP contribution in [-0.4, -0.2) is 42.3 Å². The molecule has 0 aliphatic carbocycles. The fraction of sp³-hybridized carbons (Fsp3) is 0.588. The van der Waals surface area contributed by atoms with Crippen LogP contribution in [-0.2, 0) is 11.3 Å². The summed E-state index contributed by atoms with van der Waals surface area (Å²) in [4.78, 5) is 13.4. The van der Waals surface area contributed by atoms with Crippen LogP contribution in [0.2, 0.25) is 0 Å². The second-order valence-corrected chi connectivity index (χ2v) is 6.10. The first-order chi connectivity index (χ1) is 10.7. The zero-order chi connectivity index (χ0) is 15.4. The van der Waals surface area contributed by atoms with Gasteiger partial charge in [0.05, 0.1) is 19.1 Å². The Morgan fingerprint density at radius 3 is 2.73 bits per heavy atom. The highest BCUT2D eigenvalue weighted by atomic mass is 16.5. The summed E-state index contributed by atoms with van der Waals surface area (Å²) in [6.07, 6.45) is 3.76. The molecular formula is C17H23NO4. The van der Waals surface area contributed by atoms with E-state index in [0.29, 0.717) is 6.54 Å². The van der Waals surface area contributed by atoms with Gasteiger partial charge in [-0.15, -0.1) is 0 Å². The Morgan fingerprint density at radius 1 is 1.18 bits per heavy atom. The average molecular weight is 305 g/mol. The van der Waals surface area contributed by atoms with Gasteiger partial charge in [0.25, 0.3) is 0 Å². The number of likely N-dealkylation sites (tertiary alicyclic amines) is 1. The average Bonchev–Trinajstić information content (AvgIpc) is 2.49. The summed E-state index contributed by atoms with van der Waals surface area (Å²) in [6, 6.07) is 6.05. The Kier molecular flexibility index (Phi) is 4.83. The van der Waals surface area contributed by atoms with E-state index in [-0.39, 0.29) is 5.92 Å². The minimum atomic E-state index is -0.681. The number of aliphatic carboxylic acids is 1. The molecule has 1 aromatic rings. The Bertz CT molecular complexity index is 531. The molecule has 0 radical (unpaired) electrons. The van der Waals surface area contributed by atoms with E-state index in [9.17, 15) is 9.90 Å². The minimum absolute atomic E-state index is 0.238. The third-order valence-electron chi connectivity index (χ3n) is 4.32. The first kappa shape index (κ1) is 15.2. The summed E-state index contributed by atoms with van der Waals surface area (Å²) < 4.78 is 11.5. The number of ether oxygens (including phenoxy) is 2. The minimum Gasteiger partial charge on any atom is -0.490 e. The van der Waals surface area contributed by atoms with Gasteiger partial charge in [-0.2, -0.15) is 0 Å². The predicted molar refractivity (Wildman–Crippen MR) is 82.3 cm³/mol. The second kappa shape index (κ2) is 7.01. The smallest absolute Gasteiger partial charge is 0.307 e. The molecular weight excluding hydrogens is 282 g/mol. The second-order valence-electron chi connectivity index (χ2n) is 6.10. The number of hydrogen-bond acceptors (Lipinski definition) is 4. The fourth-order valence-corrected chi connectivity index (χ4v) is 3.11. The van der Waals surface area contributed by atoms with Gasteiger partial charge in [0.15, 0.2) is 11.5 Å². The van der Waals surface area contributed by atoms with E-state index >= 15 is 0 Å². The van der Waals surface area contributed by atoms with E-state index < -0.39 is 5.97 Å². The lowest BCUT2D eigenvalue weighted by Gasteiger charge is -2.30. The van der Waals surface area contributed by atoms with Crippen molar-refractivity contribution in [3.05, 3.63) is 23.8 Å². The summed E-state index contributed by atoms with van der Waals surface area (Å²) in [6.45, 7) is 3.81. The number of piperidine rings is 1. The molecule has 2 aliphatic rings. The number of carboxylic acid groups (broad SMARTS) is 1. The van der Waals surface area contributed by atoms with Crippen molar-refractivity contribution >= 4 is 5.97 Å². The van der Waals surface area contributed by atoms with Crippen LogP contribution in [0, 0.1) is 5.92 Å². The van der Waals surface area contributed by atoms with Crippen LogP contribution in [0.3, 0.4) is 0 Å². The molecule has 22 heavy (non-hydrogen) atoms. The number of benzene rings is 1. The van der Waals surface area contributed by atoms with Crippen LogP contribution < -0.4 is 9.47 Å². The van der Waals surface area contributed by atoms with Gasteiger partial charge in [0.2, 0.25) is 0 Å². The first-order valence-corrected chi connectivity index (χ1v) is 8.06. The van der Waals surface area contributed by atoms with Crippen LogP contribution in [0.4, 0.5) is 0 Å². The van der Waals surface area contributed by atoms with Crippen LogP contribution >= 0.6 is 0 Å². The lowest BCUT2D eigenvalue weighted by molar-refractivity contribution is -0.143. The van der Waals surface area contributed by atoms with E-state index in [0.717, 1.165) is 69.0 Å². The van der Waals surface area contributed by atoms with Crippen molar-refractivity contribution < 1.29 is 19.4 Å². The van der Waals surface area contributed by atoms with Gasteiger partial charge >= 0.3 is 5.97 Å². The summed E-state index contributed by atoms with van der Waals surface area (Å²) >= 11 is 0. The lowest BCUT2D eigenvalue weighted by Crippen LogP contribution is -2.38. The highest BCUT2D eigenvalue weighted by Gasteiger charge is 2.25. The SMILES string of the molecule is O=C(O)C1CCCN(Cc2ccc3c(c2)OCCCCO3)C1. The van der Waals surface area contributed by atoms with Gasteiger partial charge < -0.3 is 14.6 Å². The predicted octanol–water partition coefficient (Wildman–Crippen LogP) is 2.53. The Hall–Kier alpha value is -1.75. The summed E-state index contributed by atoms with van der Waals surface area (Å²) in [7, 11) is 0. The van der Waals surface area contributed by atoms with Crippen LogP contribution in [0.15, 0.2) is 18.2 Å². The van der Waals surface area contributed by atoms with Crippen molar-refractivity contribution in [1.29, 1.82) is 0 Å². The monoisotopic (exact) mass is 305 g/mol. The van der Waals surface area contributed by atoms with Crippen molar-refractivity contribution in [2.75, 3.05) is 26.3 Å². The number of carboxylic acids is 1.